The summed E-state index contributed by atoms with van der Waals surface area (Å²) in [6, 6.07) is 8.02. The van der Waals surface area contributed by atoms with Crippen molar-refractivity contribution in [2.24, 2.45) is 4.99 Å². The molecular formula is C15H16BrNO. The fraction of sp³-hybridized carbons (Fsp3) is 0.333. The summed E-state index contributed by atoms with van der Waals surface area (Å²) in [5.41, 5.74) is 3.00. The lowest BCUT2D eigenvalue weighted by Crippen LogP contribution is -2.10. The van der Waals surface area contributed by atoms with E-state index in [-0.39, 0.29) is 5.78 Å². The summed E-state index contributed by atoms with van der Waals surface area (Å²) in [5, 5.41) is 0. The zero-order valence-electron chi connectivity index (χ0n) is 10.4. The predicted molar refractivity (Wildman–Crippen MR) is 77.9 cm³/mol. The van der Waals surface area contributed by atoms with Crippen molar-refractivity contribution in [2.75, 3.05) is 0 Å². The summed E-state index contributed by atoms with van der Waals surface area (Å²) in [7, 11) is 0. The van der Waals surface area contributed by atoms with Crippen LogP contribution in [-0.2, 0) is 11.3 Å². The Kier molecular flexibility index (Phi) is 4.48. The van der Waals surface area contributed by atoms with E-state index in [1.165, 1.54) is 5.57 Å². The highest BCUT2D eigenvalue weighted by Gasteiger charge is 2.12. The molecule has 0 heterocycles. The van der Waals surface area contributed by atoms with Gasteiger partial charge in [0.05, 0.1) is 6.54 Å². The number of nitrogens with zero attached hydrogens (tertiary/aromatic N) is 1. The predicted octanol–water partition coefficient (Wildman–Crippen LogP) is 4.09. The maximum Gasteiger partial charge on any atom is 0.180 e. The van der Waals surface area contributed by atoms with Crippen LogP contribution in [0, 0.1) is 0 Å². The monoisotopic (exact) mass is 305 g/mol. The van der Waals surface area contributed by atoms with Crippen LogP contribution >= 0.6 is 15.9 Å². The van der Waals surface area contributed by atoms with Gasteiger partial charge >= 0.3 is 0 Å². The summed E-state index contributed by atoms with van der Waals surface area (Å²) in [6.07, 6.45) is 4.50. The van der Waals surface area contributed by atoms with Gasteiger partial charge in [-0.3, -0.25) is 9.79 Å². The van der Waals surface area contributed by atoms with Crippen LogP contribution in [0.3, 0.4) is 0 Å². The largest absolute Gasteiger partial charge is 0.292 e. The number of carbonyl (C=O) groups excluding carboxylic acids is 1. The third kappa shape index (κ3) is 3.64. The fourth-order valence-electron chi connectivity index (χ4n) is 1.94. The molecule has 0 saturated heterocycles. The quantitative estimate of drug-likeness (QED) is 0.809. The molecule has 2 rings (SSSR count). The van der Waals surface area contributed by atoms with Gasteiger partial charge in [0.1, 0.15) is 5.71 Å². The smallest absolute Gasteiger partial charge is 0.180 e. The first-order chi connectivity index (χ1) is 8.65. The van der Waals surface area contributed by atoms with Crippen molar-refractivity contribution < 1.29 is 4.79 Å². The van der Waals surface area contributed by atoms with E-state index in [0.29, 0.717) is 18.7 Å². The molecule has 2 nitrogen and oxygen atoms in total. The van der Waals surface area contributed by atoms with E-state index in [1.807, 2.05) is 30.3 Å². The highest BCUT2D eigenvalue weighted by Crippen LogP contribution is 2.15. The maximum absolute atomic E-state index is 11.9. The van der Waals surface area contributed by atoms with E-state index >= 15 is 0 Å². The van der Waals surface area contributed by atoms with Crippen molar-refractivity contribution in [3.63, 3.8) is 0 Å². The number of ketones is 1. The average Bonchev–Trinajstić information content (AvgIpc) is 2.51. The van der Waals surface area contributed by atoms with E-state index in [2.05, 4.69) is 27.8 Å². The van der Waals surface area contributed by atoms with Crippen LogP contribution in [0.2, 0.25) is 0 Å². The highest BCUT2D eigenvalue weighted by atomic mass is 79.9. The lowest BCUT2D eigenvalue weighted by atomic mass is 10.1. The molecule has 0 radical (unpaired) electrons. The summed E-state index contributed by atoms with van der Waals surface area (Å²) in [6.45, 7) is 2.63. The fourth-order valence-corrected chi connectivity index (χ4v) is 2.21. The van der Waals surface area contributed by atoms with Crippen LogP contribution < -0.4 is 0 Å². The van der Waals surface area contributed by atoms with Gasteiger partial charge in [0.25, 0.3) is 0 Å². The second kappa shape index (κ2) is 6.10. The molecule has 1 aliphatic rings. The topological polar surface area (TPSA) is 29.4 Å². The molecule has 0 N–H and O–H groups in total. The number of rotatable bonds is 2. The second-order valence-corrected chi connectivity index (χ2v) is 5.51. The molecule has 0 aliphatic heterocycles. The third-order valence-corrected chi connectivity index (χ3v) is 3.52. The Bertz CT molecular complexity index is 500. The molecule has 1 aromatic rings. The van der Waals surface area contributed by atoms with Crippen molar-refractivity contribution in [1.82, 2.24) is 0 Å². The number of benzene rings is 1. The summed E-state index contributed by atoms with van der Waals surface area (Å²) < 4.78 is 1.06. The minimum absolute atomic E-state index is 0.170. The minimum atomic E-state index is 0.170. The number of Topliss-reactive ketones (excluding diaryl/α,β-unsaturated/α-hetero) is 1. The van der Waals surface area contributed by atoms with E-state index in [9.17, 15) is 4.79 Å². The van der Waals surface area contributed by atoms with E-state index in [0.717, 1.165) is 22.9 Å². The Hall–Kier alpha value is -1.22. The first kappa shape index (κ1) is 13.2. The van der Waals surface area contributed by atoms with Gasteiger partial charge in [-0.1, -0.05) is 33.6 Å². The van der Waals surface area contributed by atoms with Gasteiger partial charge in [0, 0.05) is 10.9 Å². The number of hydrogen-bond acceptors (Lipinski definition) is 2. The Morgan fingerprint density at radius 1 is 1.22 bits per heavy atom. The molecule has 0 fully saturated rings. The van der Waals surface area contributed by atoms with Gasteiger partial charge in [-0.05, 0) is 43.5 Å². The normalized spacial score (nSPS) is 18.7. The number of aliphatic imine (C=N–C) groups is 1. The Labute approximate surface area is 116 Å². The molecular weight excluding hydrogens is 290 g/mol. The molecule has 1 aromatic carbocycles. The third-order valence-electron chi connectivity index (χ3n) is 2.99. The van der Waals surface area contributed by atoms with E-state index < -0.39 is 0 Å². The standard InChI is InChI=1S/C15H16BrNO/c1-11-3-2-4-15(18)14(9-11)17-10-12-5-7-13(16)8-6-12/h5-9H,2-4,10H2,1H3. The van der Waals surface area contributed by atoms with Gasteiger partial charge in [-0.2, -0.15) is 0 Å². The van der Waals surface area contributed by atoms with Gasteiger partial charge in [0.15, 0.2) is 5.78 Å². The zero-order chi connectivity index (χ0) is 13.0. The van der Waals surface area contributed by atoms with Crippen molar-refractivity contribution in [2.45, 2.75) is 32.7 Å². The van der Waals surface area contributed by atoms with Crippen molar-refractivity contribution in [1.29, 1.82) is 0 Å². The Morgan fingerprint density at radius 3 is 2.67 bits per heavy atom. The van der Waals surface area contributed by atoms with Crippen molar-refractivity contribution >= 4 is 27.4 Å². The lowest BCUT2D eigenvalue weighted by molar-refractivity contribution is -0.112. The van der Waals surface area contributed by atoms with Crippen LogP contribution in [0.25, 0.3) is 0 Å². The SMILES string of the molecule is CC1=CC(=NCc2ccc(Br)cc2)C(=O)CCC1. The number of carbonyl (C=O) groups is 1. The summed E-state index contributed by atoms with van der Waals surface area (Å²) in [5.74, 6) is 0.170. The highest BCUT2D eigenvalue weighted by molar-refractivity contribution is 9.10. The Balaban J connectivity index is 2.14. The van der Waals surface area contributed by atoms with Crippen LogP contribution in [-0.4, -0.2) is 11.5 Å². The van der Waals surface area contributed by atoms with Crippen LogP contribution in [0.1, 0.15) is 31.7 Å². The van der Waals surface area contributed by atoms with Crippen LogP contribution in [0.4, 0.5) is 0 Å². The summed E-state index contributed by atoms with van der Waals surface area (Å²) >= 11 is 3.40. The van der Waals surface area contributed by atoms with Crippen molar-refractivity contribution in [3.8, 4) is 0 Å². The molecule has 1 aliphatic carbocycles. The maximum atomic E-state index is 11.9. The molecule has 3 heteroatoms. The van der Waals surface area contributed by atoms with Crippen LogP contribution in [0.15, 0.2) is 45.4 Å². The summed E-state index contributed by atoms with van der Waals surface area (Å²) in [4.78, 5) is 16.3. The molecule has 0 atom stereocenters. The second-order valence-electron chi connectivity index (χ2n) is 4.60. The molecule has 0 spiro atoms. The Morgan fingerprint density at radius 2 is 1.94 bits per heavy atom. The lowest BCUT2D eigenvalue weighted by Gasteiger charge is -2.00. The van der Waals surface area contributed by atoms with E-state index in [1.54, 1.807) is 0 Å². The number of allylic oxidation sites excluding steroid dienone is 2. The van der Waals surface area contributed by atoms with Gasteiger partial charge in [-0.25, -0.2) is 0 Å². The molecule has 0 amide bonds. The molecule has 94 valence electrons. The first-order valence-electron chi connectivity index (χ1n) is 6.14. The molecule has 0 unspecified atom stereocenters. The number of hydrogen-bond donors (Lipinski definition) is 0. The molecule has 18 heavy (non-hydrogen) atoms. The molecule has 0 saturated carbocycles. The van der Waals surface area contributed by atoms with Crippen molar-refractivity contribution in [3.05, 3.63) is 46.0 Å². The molecule has 0 aromatic heterocycles. The van der Waals surface area contributed by atoms with Gasteiger partial charge < -0.3 is 0 Å². The van der Waals surface area contributed by atoms with Gasteiger partial charge in [-0.15, -0.1) is 0 Å². The van der Waals surface area contributed by atoms with Crippen LogP contribution in [0.5, 0.6) is 0 Å². The van der Waals surface area contributed by atoms with Gasteiger partial charge in [0.2, 0.25) is 0 Å². The van der Waals surface area contributed by atoms with E-state index in [4.69, 9.17) is 0 Å². The molecule has 0 bridgehead atoms. The average molecular weight is 306 g/mol. The first-order valence-corrected chi connectivity index (χ1v) is 6.94. The zero-order valence-corrected chi connectivity index (χ0v) is 12.0. The minimum Gasteiger partial charge on any atom is -0.292 e. The number of halogens is 1.